The first-order valence-electron chi connectivity index (χ1n) is 6.21. The fourth-order valence-corrected chi connectivity index (χ4v) is 1.90. The molecule has 0 amide bonds. The summed E-state index contributed by atoms with van der Waals surface area (Å²) in [6.45, 7) is 10.9. The molecule has 1 fully saturated rings. The van der Waals surface area contributed by atoms with Crippen molar-refractivity contribution in [3.63, 3.8) is 0 Å². The lowest BCUT2D eigenvalue weighted by Crippen LogP contribution is -2.22. The molecule has 2 unspecified atom stereocenters. The average Bonchev–Trinajstić information content (AvgIpc) is 2.69. The molecule has 0 radical (unpaired) electrons. The van der Waals surface area contributed by atoms with Crippen LogP contribution in [0.15, 0.2) is 12.4 Å². The molecule has 0 spiro atoms. The zero-order chi connectivity index (χ0) is 11.8. The Hall–Kier alpha value is -0.830. The molecule has 1 N–H and O–H groups in total. The van der Waals surface area contributed by atoms with E-state index in [1.807, 2.05) is 10.9 Å². The Balaban J connectivity index is 1.79. The van der Waals surface area contributed by atoms with Gasteiger partial charge in [0.25, 0.3) is 0 Å². The van der Waals surface area contributed by atoms with Crippen molar-refractivity contribution in [2.75, 3.05) is 6.54 Å². The van der Waals surface area contributed by atoms with Gasteiger partial charge in [-0.1, -0.05) is 6.92 Å². The highest BCUT2D eigenvalue weighted by Gasteiger charge is 2.31. The Kier molecular flexibility index (Phi) is 3.06. The van der Waals surface area contributed by atoms with Gasteiger partial charge in [-0.2, -0.15) is 5.10 Å². The molecule has 3 nitrogen and oxygen atoms in total. The first kappa shape index (κ1) is 11.6. The third-order valence-electron chi connectivity index (χ3n) is 3.34. The lowest BCUT2D eigenvalue weighted by Gasteiger charge is -2.18. The molecule has 2 atom stereocenters. The Bertz CT molecular complexity index is 348. The van der Waals surface area contributed by atoms with Crippen molar-refractivity contribution < 1.29 is 0 Å². The van der Waals surface area contributed by atoms with Gasteiger partial charge >= 0.3 is 0 Å². The Labute approximate surface area is 98.2 Å². The van der Waals surface area contributed by atoms with Gasteiger partial charge in [-0.3, -0.25) is 4.68 Å². The van der Waals surface area contributed by atoms with E-state index in [1.54, 1.807) is 0 Å². The van der Waals surface area contributed by atoms with Crippen LogP contribution in [-0.2, 0) is 12.1 Å². The maximum absolute atomic E-state index is 4.39. The van der Waals surface area contributed by atoms with Crippen molar-refractivity contribution >= 4 is 0 Å². The first-order chi connectivity index (χ1) is 7.47. The van der Waals surface area contributed by atoms with Gasteiger partial charge in [0.15, 0.2) is 0 Å². The lowest BCUT2D eigenvalue weighted by molar-refractivity contribution is 0.355. The summed E-state index contributed by atoms with van der Waals surface area (Å²) in [7, 11) is 0. The smallest absolute Gasteiger partial charge is 0.0543 e. The molecule has 1 heterocycles. The minimum atomic E-state index is 0.0866. The second-order valence-electron chi connectivity index (χ2n) is 6.07. The van der Waals surface area contributed by atoms with Gasteiger partial charge in [-0.05, 0) is 45.6 Å². The van der Waals surface area contributed by atoms with Crippen molar-refractivity contribution in [2.45, 2.75) is 46.2 Å². The molecule has 0 bridgehead atoms. The van der Waals surface area contributed by atoms with E-state index < -0.39 is 0 Å². The molecule has 3 heteroatoms. The summed E-state index contributed by atoms with van der Waals surface area (Å²) in [5, 5.41) is 7.90. The Morgan fingerprint density at radius 3 is 2.69 bits per heavy atom. The van der Waals surface area contributed by atoms with Gasteiger partial charge in [0.1, 0.15) is 0 Å². The van der Waals surface area contributed by atoms with Crippen LogP contribution in [0.25, 0.3) is 0 Å². The van der Waals surface area contributed by atoms with Crippen LogP contribution < -0.4 is 5.32 Å². The summed E-state index contributed by atoms with van der Waals surface area (Å²) in [5.41, 5.74) is 1.37. The fourth-order valence-electron chi connectivity index (χ4n) is 1.90. The fraction of sp³-hybridized carbons (Fsp3) is 0.769. The number of hydrogen-bond acceptors (Lipinski definition) is 2. The Morgan fingerprint density at radius 2 is 2.19 bits per heavy atom. The zero-order valence-electron chi connectivity index (χ0n) is 10.8. The number of aromatic nitrogens is 2. The predicted octanol–water partition coefficient (Wildman–Crippen LogP) is 2.38. The van der Waals surface area contributed by atoms with Crippen LogP contribution in [0.3, 0.4) is 0 Å². The highest BCUT2D eigenvalue weighted by molar-refractivity contribution is 5.05. The number of rotatable bonds is 4. The molecule has 1 aromatic rings. The van der Waals surface area contributed by atoms with E-state index in [9.17, 15) is 0 Å². The molecule has 16 heavy (non-hydrogen) atoms. The van der Waals surface area contributed by atoms with E-state index >= 15 is 0 Å². The van der Waals surface area contributed by atoms with Crippen LogP contribution in [0.2, 0.25) is 0 Å². The van der Waals surface area contributed by atoms with E-state index in [0.717, 1.165) is 24.9 Å². The molecule has 1 aromatic heterocycles. The molecule has 1 aliphatic carbocycles. The monoisotopic (exact) mass is 221 g/mol. The van der Waals surface area contributed by atoms with Crippen LogP contribution in [0.4, 0.5) is 0 Å². The largest absolute Gasteiger partial charge is 0.312 e. The van der Waals surface area contributed by atoms with Crippen LogP contribution in [0.5, 0.6) is 0 Å². The van der Waals surface area contributed by atoms with Crippen molar-refractivity contribution in [2.24, 2.45) is 11.8 Å². The van der Waals surface area contributed by atoms with Crippen molar-refractivity contribution in [1.82, 2.24) is 15.1 Å². The molecule has 0 saturated heterocycles. The highest BCUT2D eigenvalue weighted by Crippen LogP contribution is 2.36. The van der Waals surface area contributed by atoms with Crippen LogP contribution in [0, 0.1) is 11.8 Å². The van der Waals surface area contributed by atoms with E-state index in [0.29, 0.717) is 0 Å². The maximum atomic E-state index is 4.39. The average molecular weight is 221 g/mol. The number of hydrogen-bond donors (Lipinski definition) is 1. The summed E-state index contributed by atoms with van der Waals surface area (Å²) < 4.78 is 2.03. The van der Waals surface area contributed by atoms with Crippen molar-refractivity contribution in [1.29, 1.82) is 0 Å². The van der Waals surface area contributed by atoms with Gasteiger partial charge in [0.2, 0.25) is 0 Å². The molecule has 0 aromatic carbocycles. The van der Waals surface area contributed by atoms with E-state index in [1.165, 1.54) is 12.0 Å². The number of nitrogens with zero attached hydrogens (tertiary/aromatic N) is 2. The van der Waals surface area contributed by atoms with Crippen LogP contribution >= 0.6 is 0 Å². The maximum Gasteiger partial charge on any atom is 0.0543 e. The van der Waals surface area contributed by atoms with Crippen LogP contribution in [0.1, 0.15) is 39.7 Å². The third kappa shape index (κ3) is 2.85. The second-order valence-corrected chi connectivity index (χ2v) is 6.07. The quantitative estimate of drug-likeness (QED) is 0.846. The first-order valence-corrected chi connectivity index (χ1v) is 6.21. The molecule has 0 aliphatic heterocycles. The molecule has 1 aliphatic rings. The summed E-state index contributed by atoms with van der Waals surface area (Å²) in [6.07, 6.45) is 5.51. The van der Waals surface area contributed by atoms with E-state index in [2.05, 4.69) is 44.3 Å². The van der Waals surface area contributed by atoms with Gasteiger partial charge in [0.05, 0.1) is 11.7 Å². The van der Waals surface area contributed by atoms with E-state index in [4.69, 9.17) is 0 Å². The highest BCUT2D eigenvalue weighted by atomic mass is 15.3. The molecular weight excluding hydrogens is 198 g/mol. The Morgan fingerprint density at radius 1 is 1.50 bits per heavy atom. The van der Waals surface area contributed by atoms with Gasteiger partial charge < -0.3 is 5.32 Å². The molecular formula is C13H23N3. The van der Waals surface area contributed by atoms with Gasteiger partial charge in [0, 0.05) is 18.3 Å². The van der Waals surface area contributed by atoms with Crippen molar-refractivity contribution in [3.05, 3.63) is 18.0 Å². The summed E-state index contributed by atoms with van der Waals surface area (Å²) in [6, 6.07) is 0. The van der Waals surface area contributed by atoms with Gasteiger partial charge in [-0.15, -0.1) is 0 Å². The topological polar surface area (TPSA) is 29.9 Å². The minimum absolute atomic E-state index is 0.0866. The molecule has 90 valence electrons. The summed E-state index contributed by atoms with van der Waals surface area (Å²) >= 11 is 0. The van der Waals surface area contributed by atoms with E-state index in [-0.39, 0.29) is 5.54 Å². The standard InChI is InChI=1S/C13H23N3/c1-10-5-12(10)8-14-6-11-7-15-16(9-11)13(2,3)4/h7,9-10,12,14H,5-6,8H2,1-4H3. The van der Waals surface area contributed by atoms with Crippen LogP contribution in [-0.4, -0.2) is 16.3 Å². The molecule has 1 saturated carbocycles. The predicted molar refractivity (Wildman–Crippen MR) is 66.2 cm³/mol. The third-order valence-corrected chi connectivity index (χ3v) is 3.34. The number of nitrogens with one attached hydrogen (secondary N) is 1. The zero-order valence-corrected chi connectivity index (χ0v) is 10.8. The van der Waals surface area contributed by atoms with Gasteiger partial charge in [-0.25, -0.2) is 0 Å². The summed E-state index contributed by atoms with van der Waals surface area (Å²) in [4.78, 5) is 0. The lowest BCUT2D eigenvalue weighted by atomic mass is 10.1. The normalized spacial score (nSPS) is 24.8. The summed E-state index contributed by atoms with van der Waals surface area (Å²) in [5.74, 6) is 1.85. The van der Waals surface area contributed by atoms with Crippen molar-refractivity contribution in [3.8, 4) is 0 Å². The second kappa shape index (κ2) is 4.21. The molecule has 2 rings (SSSR count). The SMILES string of the molecule is CC1CC1CNCc1cnn(C(C)(C)C)c1. The minimum Gasteiger partial charge on any atom is -0.312 e.